The third-order valence-electron chi connectivity index (χ3n) is 1.14. The fraction of sp³-hybridized carbons (Fsp3) is 0.250. The first-order chi connectivity index (χ1) is 5.29. The van der Waals surface area contributed by atoms with Crippen LogP contribution in [0.3, 0.4) is 0 Å². The van der Waals surface area contributed by atoms with Crippen LogP contribution in [-0.2, 0) is 0 Å². The van der Waals surface area contributed by atoms with Crippen LogP contribution in [0.2, 0.25) is 0 Å². The molecule has 0 aliphatic heterocycles. The maximum Gasteiger partial charge on any atom is 0.160 e. The molecular weight excluding hydrogens is 160 g/mol. The fourth-order valence-electron chi connectivity index (χ4n) is 0.687. The lowest BCUT2D eigenvalue weighted by molar-refractivity contribution is -0.0186. The van der Waals surface area contributed by atoms with Crippen LogP contribution in [0, 0.1) is 0 Å². The van der Waals surface area contributed by atoms with Crippen molar-refractivity contribution in [3.05, 3.63) is 30.3 Å². The monoisotopic (exact) mass is 170 g/mol. The third-order valence-corrected chi connectivity index (χ3v) is 2.21. The van der Waals surface area contributed by atoms with Gasteiger partial charge in [0.2, 0.25) is 0 Å². The topological polar surface area (TPSA) is 40.5 Å². The molecule has 11 heavy (non-hydrogen) atoms. The second kappa shape index (κ2) is 4.38. The second-order valence-electron chi connectivity index (χ2n) is 2.10. The van der Waals surface area contributed by atoms with Gasteiger partial charge in [0.15, 0.2) is 6.29 Å². The minimum atomic E-state index is -1.22. The zero-order chi connectivity index (χ0) is 8.10. The molecule has 0 bridgehead atoms. The largest absolute Gasteiger partial charge is 0.367 e. The van der Waals surface area contributed by atoms with Crippen LogP contribution in [0.4, 0.5) is 0 Å². The van der Waals surface area contributed by atoms with Crippen molar-refractivity contribution in [1.29, 1.82) is 0 Å². The molecule has 0 aliphatic rings. The van der Waals surface area contributed by atoms with Gasteiger partial charge in [-0.1, -0.05) is 18.2 Å². The Bertz CT molecular complexity index is 199. The number of hydrogen-bond acceptors (Lipinski definition) is 3. The summed E-state index contributed by atoms with van der Waals surface area (Å²) >= 11 is 1.43. The molecule has 0 aromatic heterocycles. The van der Waals surface area contributed by atoms with Gasteiger partial charge in [0.1, 0.15) is 0 Å². The van der Waals surface area contributed by atoms with Crippen molar-refractivity contribution in [2.75, 3.05) is 5.75 Å². The molecule has 0 heterocycles. The standard InChI is InChI=1S/C8H10O2S/c9-8(10)6-11-7-4-2-1-3-5-7/h1-5,8-10H,6H2. The van der Waals surface area contributed by atoms with Gasteiger partial charge in [0, 0.05) is 10.6 Å². The van der Waals surface area contributed by atoms with Crippen molar-refractivity contribution < 1.29 is 10.2 Å². The maximum atomic E-state index is 8.55. The minimum absolute atomic E-state index is 0.323. The highest BCUT2D eigenvalue weighted by atomic mass is 32.2. The maximum absolute atomic E-state index is 8.55. The molecule has 0 aliphatic carbocycles. The molecule has 1 rings (SSSR count). The van der Waals surface area contributed by atoms with Crippen molar-refractivity contribution in [2.45, 2.75) is 11.2 Å². The Morgan fingerprint density at radius 3 is 2.36 bits per heavy atom. The molecule has 0 spiro atoms. The van der Waals surface area contributed by atoms with Gasteiger partial charge in [0.05, 0.1) is 0 Å². The first-order valence-electron chi connectivity index (χ1n) is 3.33. The highest BCUT2D eigenvalue weighted by Gasteiger charge is 1.97. The summed E-state index contributed by atoms with van der Waals surface area (Å²) in [6.45, 7) is 0. The molecule has 60 valence electrons. The Hall–Kier alpha value is -0.510. The molecule has 1 aromatic rings. The summed E-state index contributed by atoms with van der Waals surface area (Å²) in [6.07, 6.45) is -1.22. The number of benzene rings is 1. The highest BCUT2D eigenvalue weighted by Crippen LogP contribution is 2.16. The molecule has 3 heteroatoms. The number of rotatable bonds is 3. The molecule has 0 fully saturated rings. The van der Waals surface area contributed by atoms with Crippen LogP contribution in [0.15, 0.2) is 35.2 Å². The Labute approximate surface area is 69.9 Å². The predicted molar refractivity (Wildman–Crippen MR) is 45.4 cm³/mol. The molecular formula is C8H10O2S. The van der Waals surface area contributed by atoms with Crippen molar-refractivity contribution in [3.63, 3.8) is 0 Å². The lowest BCUT2D eigenvalue weighted by Crippen LogP contribution is -2.06. The van der Waals surface area contributed by atoms with E-state index < -0.39 is 6.29 Å². The van der Waals surface area contributed by atoms with Gasteiger partial charge in [-0.25, -0.2) is 0 Å². The number of hydrogen-bond donors (Lipinski definition) is 2. The zero-order valence-electron chi connectivity index (χ0n) is 5.97. The van der Waals surface area contributed by atoms with E-state index >= 15 is 0 Å². The van der Waals surface area contributed by atoms with Crippen molar-refractivity contribution >= 4 is 11.8 Å². The van der Waals surface area contributed by atoms with Gasteiger partial charge in [-0.05, 0) is 12.1 Å². The van der Waals surface area contributed by atoms with E-state index in [1.54, 1.807) is 0 Å². The van der Waals surface area contributed by atoms with E-state index in [-0.39, 0.29) is 0 Å². The molecule has 2 N–H and O–H groups in total. The lowest BCUT2D eigenvalue weighted by atomic mass is 10.4. The Balaban J connectivity index is 2.39. The van der Waals surface area contributed by atoms with Crippen molar-refractivity contribution in [3.8, 4) is 0 Å². The fourth-order valence-corrected chi connectivity index (χ4v) is 1.38. The van der Waals surface area contributed by atoms with Crippen LogP contribution in [-0.4, -0.2) is 22.3 Å². The molecule has 0 saturated carbocycles. The van der Waals surface area contributed by atoms with E-state index in [9.17, 15) is 0 Å². The van der Waals surface area contributed by atoms with Gasteiger partial charge in [-0.15, -0.1) is 11.8 Å². The number of aliphatic hydroxyl groups is 2. The van der Waals surface area contributed by atoms with E-state index in [0.717, 1.165) is 4.90 Å². The van der Waals surface area contributed by atoms with Gasteiger partial charge >= 0.3 is 0 Å². The SMILES string of the molecule is OC(O)CSc1ccccc1. The van der Waals surface area contributed by atoms with Gasteiger partial charge < -0.3 is 10.2 Å². The average Bonchev–Trinajstić information content (AvgIpc) is 2.03. The van der Waals surface area contributed by atoms with E-state index in [1.165, 1.54) is 11.8 Å². The Morgan fingerprint density at radius 1 is 1.18 bits per heavy atom. The Morgan fingerprint density at radius 2 is 1.82 bits per heavy atom. The summed E-state index contributed by atoms with van der Waals surface area (Å²) in [5.74, 6) is 0.323. The summed E-state index contributed by atoms with van der Waals surface area (Å²) in [5.41, 5.74) is 0. The lowest BCUT2D eigenvalue weighted by Gasteiger charge is -2.01. The molecule has 1 aromatic carbocycles. The van der Waals surface area contributed by atoms with Crippen LogP contribution in [0.1, 0.15) is 0 Å². The van der Waals surface area contributed by atoms with Crippen LogP contribution >= 0.6 is 11.8 Å². The van der Waals surface area contributed by atoms with Gasteiger partial charge in [0.25, 0.3) is 0 Å². The first kappa shape index (κ1) is 8.59. The number of aliphatic hydroxyl groups excluding tert-OH is 1. The molecule has 0 amide bonds. The summed E-state index contributed by atoms with van der Waals surface area (Å²) in [5, 5.41) is 17.1. The van der Waals surface area contributed by atoms with E-state index in [0.29, 0.717) is 5.75 Å². The van der Waals surface area contributed by atoms with Crippen LogP contribution in [0.25, 0.3) is 0 Å². The highest BCUT2D eigenvalue weighted by molar-refractivity contribution is 7.99. The van der Waals surface area contributed by atoms with Crippen LogP contribution in [0.5, 0.6) is 0 Å². The Kier molecular flexibility index (Phi) is 3.42. The van der Waals surface area contributed by atoms with E-state index in [1.807, 2.05) is 30.3 Å². The number of thioether (sulfide) groups is 1. The molecule has 0 atom stereocenters. The zero-order valence-corrected chi connectivity index (χ0v) is 6.79. The molecule has 0 saturated heterocycles. The van der Waals surface area contributed by atoms with Crippen molar-refractivity contribution in [1.82, 2.24) is 0 Å². The first-order valence-corrected chi connectivity index (χ1v) is 4.31. The smallest absolute Gasteiger partial charge is 0.160 e. The van der Waals surface area contributed by atoms with Gasteiger partial charge in [-0.2, -0.15) is 0 Å². The molecule has 2 nitrogen and oxygen atoms in total. The average molecular weight is 170 g/mol. The van der Waals surface area contributed by atoms with Gasteiger partial charge in [-0.3, -0.25) is 0 Å². The third kappa shape index (κ3) is 3.41. The molecule has 0 radical (unpaired) electrons. The van der Waals surface area contributed by atoms with Crippen molar-refractivity contribution in [2.24, 2.45) is 0 Å². The second-order valence-corrected chi connectivity index (χ2v) is 3.20. The van der Waals surface area contributed by atoms with E-state index in [2.05, 4.69) is 0 Å². The summed E-state index contributed by atoms with van der Waals surface area (Å²) in [7, 11) is 0. The van der Waals surface area contributed by atoms with Crippen LogP contribution < -0.4 is 0 Å². The van der Waals surface area contributed by atoms with E-state index in [4.69, 9.17) is 10.2 Å². The summed E-state index contributed by atoms with van der Waals surface area (Å²) in [6, 6.07) is 9.65. The quantitative estimate of drug-likeness (QED) is 0.527. The summed E-state index contributed by atoms with van der Waals surface area (Å²) in [4.78, 5) is 1.06. The predicted octanol–water partition coefficient (Wildman–Crippen LogP) is 1.09. The minimum Gasteiger partial charge on any atom is -0.367 e. The molecule has 0 unspecified atom stereocenters. The normalized spacial score (nSPS) is 10.5. The summed E-state index contributed by atoms with van der Waals surface area (Å²) < 4.78 is 0.